The Morgan fingerprint density at radius 1 is 1.43 bits per heavy atom. The van der Waals surface area contributed by atoms with Crippen molar-refractivity contribution in [1.29, 1.82) is 0 Å². The Bertz CT molecular complexity index is 670. The Labute approximate surface area is 123 Å². The van der Waals surface area contributed by atoms with Crippen molar-refractivity contribution in [2.24, 2.45) is 5.41 Å². The van der Waals surface area contributed by atoms with Gasteiger partial charge in [0.2, 0.25) is 10.0 Å². The highest BCUT2D eigenvalue weighted by molar-refractivity contribution is 7.89. The van der Waals surface area contributed by atoms with Crippen molar-refractivity contribution in [3.8, 4) is 0 Å². The molecule has 1 atom stereocenters. The van der Waals surface area contributed by atoms with Crippen LogP contribution in [0.4, 0.5) is 4.39 Å². The molecule has 116 valence electrons. The van der Waals surface area contributed by atoms with Crippen molar-refractivity contribution in [3.05, 3.63) is 29.6 Å². The topological polar surface area (TPSA) is 83.5 Å². The predicted octanol–water partition coefficient (Wildman–Crippen LogP) is 2.38. The monoisotopic (exact) mass is 315 g/mol. The summed E-state index contributed by atoms with van der Waals surface area (Å²) in [5.74, 6) is -2.25. The van der Waals surface area contributed by atoms with Gasteiger partial charge in [-0.2, -0.15) is 0 Å². The number of aromatic carboxylic acids is 1. The molecule has 1 saturated carbocycles. The number of benzene rings is 1. The van der Waals surface area contributed by atoms with Gasteiger partial charge in [-0.25, -0.2) is 22.3 Å². The third kappa shape index (κ3) is 3.59. The summed E-state index contributed by atoms with van der Waals surface area (Å²) in [5, 5.41) is 8.88. The molecular weight excluding hydrogens is 297 g/mol. The fraction of sp³-hybridized carbons (Fsp3) is 0.500. The summed E-state index contributed by atoms with van der Waals surface area (Å²) in [4.78, 5) is 10.3. The van der Waals surface area contributed by atoms with Gasteiger partial charge in [0, 0.05) is 6.04 Å². The zero-order valence-electron chi connectivity index (χ0n) is 11.9. The second-order valence-corrected chi connectivity index (χ2v) is 7.86. The fourth-order valence-electron chi connectivity index (χ4n) is 2.66. The fourth-order valence-corrected chi connectivity index (χ4v) is 4.04. The van der Waals surface area contributed by atoms with E-state index >= 15 is 0 Å². The standard InChI is InChI=1S/C14H18FNO4S/c1-14(2)6-5-10(8-14)16-21(19,20)12-7-9(13(17)18)3-4-11(12)15/h3-4,7,10,16H,5-6,8H2,1-2H3,(H,17,18). The van der Waals surface area contributed by atoms with Crippen molar-refractivity contribution in [1.82, 2.24) is 4.72 Å². The second-order valence-electron chi connectivity index (χ2n) is 6.18. The predicted molar refractivity (Wildman–Crippen MR) is 75.1 cm³/mol. The molecule has 2 N–H and O–H groups in total. The molecule has 7 heteroatoms. The van der Waals surface area contributed by atoms with Crippen molar-refractivity contribution in [2.75, 3.05) is 0 Å². The molecule has 1 fully saturated rings. The highest BCUT2D eigenvalue weighted by Crippen LogP contribution is 2.37. The quantitative estimate of drug-likeness (QED) is 0.893. The molecule has 0 amide bonds. The summed E-state index contributed by atoms with van der Waals surface area (Å²) in [6.45, 7) is 4.10. The summed E-state index contributed by atoms with van der Waals surface area (Å²) in [5.41, 5.74) is -0.210. The van der Waals surface area contributed by atoms with Crippen LogP contribution in [0, 0.1) is 11.2 Å². The molecule has 0 radical (unpaired) electrons. The minimum Gasteiger partial charge on any atom is -0.478 e. The molecule has 0 aromatic heterocycles. The van der Waals surface area contributed by atoms with Gasteiger partial charge in [0.05, 0.1) is 5.56 Å². The average Bonchev–Trinajstić information content (AvgIpc) is 2.67. The third-order valence-electron chi connectivity index (χ3n) is 3.76. The van der Waals surface area contributed by atoms with E-state index in [0.29, 0.717) is 12.8 Å². The number of carbonyl (C=O) groups is 1. The lowest BCUT2D eigenvalue weighted by atomic mass is 9.92. The van der Waals surface area contributed by atoms with Gasteiger partial charge < -0.3 is 5.11 Å². The minimum atomic E-state index is -4.07. The van der Waals surface area contributed by atoms with Crippen molar-refractivity contribution >= 4 is 16.0 Å². The lowest BCUT2D eigenvalue weighted by Crippen LogP contribution is -2.34. The Balaban J connectivity index is 2.28. The van der Waals surface area contributed by atoms with Gasteiger partial charge in [-0.3, -0.25) is 0 Å². The Kier molecular flexibility index (Phi) is 4.08. The Hall–Kier alpha value is -1.47. The van der Waals surface area contributed by atoms with E-state index in [4.69, 9.17) is 5.11 Å². The number of carboxylic acids is 1. The third-order valence-corrected chi connectivity index (χ3v) is 5.29. The van der Waals surface area contributed by atoms with Gasteiger partial charge in [-0.05, 0) is 42.9 Å². The van der Waals surface area contributed by atoms with E-state index < -0.39 is 26.7 Å². The van der Waals surface area contributed by atoms with Gasteiger partial charge in [0.1, 0.15) is 10.7 Å². The van der Waals surface area contributed by atoms with Crippen LogP contribution >= 0.6 is 0 Å². The maximum absolute atomic E-state index is 13.7. The van der Waals surface area contributed by atoms with Crippen LogP contribution in [0.5, 0.6) is 0 Å². The Morgan fingerprint density at radius 3 is 2.62 bits per heavy atom. The van der Waals surface area contributed by atoms with Gasteiger partial charge >= 0.3 is 5.97 Å². The molecule has 0 bridgehead atoms. The molecule has 0 saturated heterocycles. The Morgan fingerprint density at radius 2 is 2.10 bits per heavy atom. The molecule has 0 aliphatic heterocycles. The van der Waals surface area contributed by atoms with Crippen molar-refractivity contribution < 1.29 is 22.7 Å². The number of hydrogen-bond donors (Lipinski definition) is 2. The van der Waals surface area contributed by atoms with Gasteiger partial charge in [0.25, 0.3) is 0 Å². The summed E-state index contributed by atoms with van der Waals surface area (Å²) < 4.78 is 40.7. The zero-order valence-corrected chi connectivity index (χ0v) is 12.7. The molecular formula is C14H18FNO4S. The molecule has 2 rings (SSSR count). The van der Waals surface area contributed by atoms with Gasteiger partial charge in [0.15, 0.2) is 0 Å². The molecule has 1 aliphatic rings. The van der Waals surface area contributed by atoms with Gasteiger partial charge in [-0.1, -0.05) is 13.8 Å². The van der Waals surface area contributed by atoms with E-state index in [9.17, 15) is 17.6 Å². The summed E-state index contributed by atoms with van der Waals surface area (Å²) >= 11 is 0. The first kappa shape index (κ1) is 15.9. The average molecular weight is 315 g/mol. The summed E-state index contributed by atoms with van der Waals surface area (Å²) in [6.07, 6.45) is 2.25. The van der Waals surface area contributed by atoms with E-state index in [2.05, 4.69) is 4.72 Å². The smallest absolute Gasteiger partial charge is 0.335 e. The van der Waals surface area contributed by atoms with Crippen LogP contribution in [0.3, 0.4) is 0 Å². The van der Waals surface area contributed by atoms with Crippen LogP contribution in [0.1, 0.15) is 43.5 Å². The molecule has 21 heavy (non-hydrogen) atoms. The highest BCUT2D eigenvalue weighted by Gasteiger charge is 2.34. The maximum Gasteiger partial charge on any atom is 0.335 e. The first-order valence-corrected chi connectivity index (χ1v) is 8.14. The van der Waals surface area contributed by atoms with Crippen LogP contribution in [0.15, 0.2) is 23.1 Å². The van der Waals surface area contributed by atoms with Crippen LogP contribution in [0.25, 0.3) is 0 Å². The molecule has 0 spiro atoms. The number of rotatable bonds is 4. The van der Waals surface area contributed by atoms with E-state index in [-0.39, 0.29) is 17.0 Å². The molecule has 1 unspecified atom stereocenters. The highest BCUT2D eigenvalue weighted by atomic mass is 32.2. The van der Waals surface area contributed by atoms with Crippen LogP contribution in [-0.4, -0.2) is 25.5 Å². The van der Waals surface area contributed by atoms with Crippen LogP contribution < -0.4 is 4.72 Å². The lowest BCUT2D eigenvalue weighted by molar-refractivity contribution is 0.0696. The zero-order chi connectivity index (χ0) is 15.8. The van der Waals surface area contributed by atoms with Crippen molar-refractivity contribution in [2.45, 2.75) is 44.0 Å². The van der Waals surface area contributed by atoms with E-state index in [1.54, 1.807) is 0 Å². The van der Waals surface area contributed by atoms with Gasteiger partial charge in [-0.15, -0.1) is 0 Å². The molecule has 5 nitrogen and oxygen atoms in total. The molecule has 1 aromatic carbocycles. The molecule has 1 aromatic rings. The lowest BCUT2D eigenvalue weighted by Gasteiger charge is -2.18. The summed E-state index contributed by atoms with van der Waals surface area (Å²) in [7, 11) is -4.07. The van der Waals surface area contributed by atoms with E-state index in [1.807, 2.05) is 13.8 Å². The number of halogens is 1. The van der Waals surface area contributed by atoms with Crippen LogP contribution in [0.2, 0.25) is 0 Å². The van der Waals surface area contributed by atoms with Crippen molar-refractivity contribution in [3.63, 3.8) is 0 Å². The second kappa shape index (κ2) is 5.38. The van der Waals surface area contributed by atoms with E-state index in [0.717, 1.165) is 24.6 Å². The number of carboxylic acid groups (broad SMARTS) is 1. The maximum atomic E-state index is 13.7. The minimum absolute atomic E-state index is 0.0502. The molecule has 1 aliphatic carbocycles. The largest absolute Gasteiger partial charge is 0.478 e. The normalized spacial score (nSPS) is 21.4. The first-order chi connectivity index (χ1) is 9.61. The first-order valence-electron chi connectivity index (χ1n) is 6.66. The molecule has 0 heterocycles. The van der Waals surface area contributed by atoms with E-state index in [1.165, 1.54) is 0 Å². The SMILES string of the molecule is CC1(C)CCC(NS(=O)(=O)c2cc(C(=O)O)ccc2F)C1. The number of sulfonamides is 1. The number of hydrogen-bond acceptors (Lipinski definition) is 3. The van der Waals surface area contributed by atoms with Crippen LogP contribution in [-0.2, 0) is 10.0 Å². The number of nitrogens with one attached hydrogen (secondary N) is 1. The summed E-state index contributed by atoms with van der Waals surface area (Å²) in [6, 6.07) is 2.49.